The Hall–Kier alpha value is -2.40. The molecule has 118 valence electrons. The maximum atomic E-state index is 12.3. The van der Waals surface area contributed by atoms with E-state index in [0.29, 0.717) is 12.1 Å². The van der Waals surface area contributed by atoms with E-state index in [1.54, 1.807) is 30.3 Å². The smallest absolute Gasteiger partial charge is 0.267 e. The highest BCUT2D eigenvalue weighted by Gasteiger charge is 2.13. The van der Waals surface area contributed by atoms with Gasteiger partial charge in [-0.2, -0.15) is 0 Å². The van der Waals surface area contributed by atoms with Crippen molar-refractivity contribution in [2.24, 2.45) is 0 Å². The standard InChI is InChI=1S/C18H17BrN2O2/c1-2-20-18(23)16(12-13-6-4-3-5-7-13)21-17(22)14-8-10-15(19)11-9-14/h3-12H,2H2,1H3,(H,20,23)(H,21,22)/b16-12-. The zero-order chi connectivity index (χ0) is 16.7. The van der Waals surface area contributed by atoms with Crippen LogP contribution < -0.4 is 10.6 Å². The Kier molecular flexibility index (Phi) is 6.11. The molecular formula is C18H17BrN2O2. The van der Waals surface area contributed by atoms with Gasteiger partial charge in [0.2, 0.25) is 0 Å². The van der Waals surface area contributed by atoms with Gasteiger partial charge in [0.25, 0.3) is 11.8 Å². The van der Waals surface area contributed by atoms with Gasteiger partial charge < -0.3 is 10.6 Å². The molecule has 0 saturated carbocycles. The molecule has 0 unspecified atom stereocenters. The van der Waals surface area contributed by atoms with Crippen LogP contribution in [0.15, 0.2) is 64.8 Å². The summed E-state index contributed by atoms with van der Waals surface area (Å²) in [6.07, 6.45) is 1.65. The lowest BCUT2D eigenvalue weighted by atomic mass is 10.1. The van der Waals surface area contributed by atoms with Gasteiger partial charge in [0.1, 0.15) is 5.70 Å². The molecule has 4 nitrogen and oxygen atoms in total. The molecule has 0 aliphatic carbocycles. The van der Waals surface area contributed by atoms with Crippen LogP contribution in [0.2, 0.25) is 0 Å². The molecule has 2 N–H and O–H groups in total. The summed E-state index contributed by atoms with van der Waals surface area (Å²) < 4.78 is 0.887. The van der Waals surface area contributed by atoms with Crippen molar-refractivity contribution in [3.05, 3.63) is 75.9 Å². The Labute approximate surface area is 143 Å². The lowest BCUT2D eigenvalue weighted by Crippen LogP contribution is -2.34. The van der Waals surface area contributed by atoms with Gasteiger partial charge in [0.05, 0.1) is 0 Å². The monoisotopic (exact) mass is 372 g/mol. The second kappa shape index (κ2) is 8.29. The molecule has 0 atom stereocenters. The minimum Gasteiger partial charge on any atom is -0.351 e. The van der Waals surface area contributed by atoms with E-state index in [0.717, 1.165) is 10.0 Å². The van der Waals surface area contributed by atoms with Crippen molar-refractivity contribution in [1.82, 2.24) is 10.6 Å². The third kappa shape index (κ3) is 5.07. The molecule has 2 amide bonds. The quantitative estimate of drug-likeness (QED) is 0.790. The summed E-state index contributed by atoms with van der Waals surface area (Å²) in [7, 11) is 0. The number of carbonyl (C=O) groups is 2. The number of hydrogen-bond donors (Lipinski definition) is 2. The first-order valence-electron chi connectivity index (χ1n) is 7.22. The van der Waals surface area contributed by atoms with E-state index in [2.05, 4.69) is 26.6 Å². The first-order valence-corrected chi connectivity index (χ1v) is 8.01. The molecule has 2 aromatic carbocycles. The third-order valence-electron chi connectivity index (χ3n) is 3.05. The van der Waals surface area contributed by atoms with Gasteiger partial charge in [-0.05, 0) is 42.8 Å². The van der Waals surface area contributed by atoms with Crippen molar-refractivity contribution in [3.8, 4) is 0 Å². The summed E-state index contributed by atoms with van der Waals surface area (Å²) in [5.41, 5.74) is 1.53. The Morgan fingerprint density at radius 2 is 1.70 bits per heavy atom. The van der Waals surface area contributed by atoms with Crippen LogP contribution in [0.4, 0.5) is 0 Å². The number of halogens is 1. The highest BCUT2D eigenvalue weighted by molar-refractivity contribution is 9.10. The molecule has 0 bridgehead atoms. The molecule has 0 aromatic heterocycles. The molecule has 5 heteroatoms. The summed E-state index contributed by atoms with van der Waals surface area (Å²) in [5, 5.41) is 5.38. The van der Waals surface area contributed by atoms with Crippen LogP contribution in [-0.4, -0.2) is 18.4 Å². The average Bonchev–Trinajstić information content (AvgIpc) is 2.56. The molecule has 0 heterocycles. The van der Waals surface area contributed by atoms with E-state index in [1.165, 1.54) is 0 Å². The van der Waals surface area contributed by atoms with E-state index in [4.69, 9.17) is 0 Å². The molecule has 0 aliphatic rings. The number of nitrogens with one attached hydrogen (secondary N) is 2. The van der Waals surface area contributed by atoms with E-state index in [9.17, 15) is 9.59 Å². The Morgan fingerprint density at radius 1 is 1.04 bits per heavy atom. The van der Waals surface area contributed by atoms with Crippen LogP contribution >= 0.6 is 15.9 Å². The molecule has 0 spiro atoms. The van der Waals surface area contributed by atoms with Crippen LogP contribution in [0, 0.1) is 0 Å². The van der Waals surface area contributed by atoms with Gasteiger partial charge in [-0.15, -0.1) is 0 Å². The molecule has 0 radical (unpaired) electrons. The van der Waals surface area contributed by atoms with Crippen molar-refractivity contribution in [2.75, 3.05) is 6.54 Å². The highest BCUT2D eigenvalue weighted by atomic mass is 79.9. The number of likely N-dealkylation sites (N-methyl/N-ethyl adjacent to an activating group) is 1. The van der Waals surface area contributed by atoms with Gasteiger partial charge in [-0.1, -0.05) is 46.3 Å². The van der Waals surface area contributed by atoms with E-state index < -0.39 is 0 Å². The first kappa shape index (κ1) is 17.0. The highest BCUT2D eigenvalue weighted by Crippen LogP contribution is 2.11. The number of benzene rings is 2. The molecular weight excluding hydrogens is 356 g/mol. The van der Waals surface area contributed by atoms with E-state index in [1.807, 2.05) is 37.3 Å². The number of carbonyl (C=O) groups excluding carboxylic acids is 2. The second-order valence-electron chi connectivity index (χ2n) is 4.79. The zero-order valence-corrected chi connectivity index (χ0v) is 14.3. The predicted octanol–water partition coefficient (Wildman–Crippen LogP) is 3.36. The topological polar surface area (TPSA) is 58.2 Å². The molecule has 2 rings (SSSR count). The van der Waals surface area contributed by atoms with Crippen molar-refractivity contribution in [1.29, 1.82) is 0 Å². The van der Waals surface area contributed by atoms with Crippen molar-refractivity contribution >= 4 is 33.8 Å². The fourth-order valence-electron chi connectivity index (χ4n) is 1.93. The maximum absolute atomic E-state index is 12.3. The molecule has 23 heavy (non-hydrogen) atoms. The van der Waals surface area contributed by atoms with Gasteiger partial charge in [0.15, 0.2) is 0 Å². The zero-order valence-electron chi connectivity index (χ0n) is 12.7. The van der Waals surface area contributed by atoms with Crippen LogP contribution in [0.1, 0.15) is 22.8 Å². The minimum absolute atomic E-state index is 0.214. The van der Waals surface area contributed by atoms with Crippen LogP contribution in [0.25, 0.3) is 6.08 Å². The Balaban J connectivity index is 2.24. The summed E-state index contributed by atoms with van der Waals surface area (Å²) in [4.78, 5) is 24.5. The Morgan fingerprint density at radius 3 is 2.30 bits per heavy atom. The number of rotatable bonds is 5. The number of hydrogen-bond acceptors (Lipinski definition) is 2. The van der Waals surface area contributed by atoms with Gasteiger partial charge in [-0.3, -0.25) is 9.59 Å². The number of amides is 2. The van der Waals surface area contributed by atoms with Crippen molar-refractivity contribution in [2.45, 2.75) is 6.92 Å². The lowest BCUT2D eigenvalue weighted by molar-refractivity contribution is -0.117. The SMILES string of the molecule is CCNC(=O)/C(=C/c1ccccc1)NC(=O)c1ccc(Br)cc1. The van der Waals surface area contributed by atoms with Gasteiger partial charge in [-0.25, -0.2) is 0 Å². The fourth-order valence-corrected chi connectivity index (χ4v) is 2.19. The fraction of sp³-hybridized carbons (Fsp3) is 0.111. The van der Waals surface area contributed by atoms with Crippen LogP contribution in [0.5, 0.6) is 0 Å². The molecule has 2 aromatic rings. The third-order valence-corrected chi connectivity index (χ3v) is 3.58. The van der Waals surface area contributed by atoms with Gasteiger partial charge >= 0.3 is 0 Å². The summed E-state index contributed by atoms with van der Waals surface area (Å²) in [6.45, 7) is 2.31. The lowest BCUT2D eigenvalue weighted by Gasteiger charge is -2.10. The second-order valence-corrected chi connectivity index (χ2v) is 5.70. The summed E-state index contributed by atoms with van der Waals surface area (Å²) in [6, 6.07) is 16.3. The van der Waals surface area contributed by atoms with Crippen LogP contribution in [-0.2, 0) is 4.79 Å². The minimum atomic E-state index is -0.328. The van der Waals surface area contributed by atoms with E-state index >= 15 is 0 Å². The summed E-state index contributed by atoms with van der Waals surface area (Å²) >= 11 is 3.33. The van der Waals surface area contributed by atoms with Crippen molar-refractivity contribution < 1.29 is 9.59 Å². The van der Waals surface area contributed by atoms with Crippen molar-refractivity contribution in [3.63, 3.8) is 0 Å². The first-order chi connectivity index (χ1) is 11.1. The predicted molar refractivity (Wildman–Crippen MR) is 94.7 cm³/mol. The Bertz CT molecular complexity index is 710. The van der Waals surface area contributed by atoms with Gasteiger partial charge in [0, 0.05) is 16.6 Å². The molecule has 0 fully saturated rings. The molecule has 0 aliphatic heterocycles. The largest absolute Gasteiger partial charge is 0.351 e. The molecule has 0 saturated heterocycles. The van der Waals surface area contributed by atoms with Crippen LogP contribution in [0.3, 0.4) is 0 Å². The average molecular weight is 373 g/mol. The maximum Gasteiger partial charge on any atom is 0.267 e. The normalized spacial score (nSPS) is 11.0. The van der Waals surface area contributed by atoms with E-state index in [-0.39, 0.29) is 17.5 Å². The summed E-state index contributed by atoms with van der Waals surface area (Å²) in [5.74, 6) is -0.646.